The number of hydrazine groups is 2. The molecule has 4 N–H and O–H groups in total. The third-order valence-corrected chi connectivity index (χ3v) is 6.63. The molecule has 0 aliphatic carbocycles. The number of benzene rings is 3. The van der Waals surface area contributed by atoms with Crippen molar-refractivity contribution in [3.63, 3.8) is 0 Å². The summed E-state index contributed by atoms with van der Waals surface area (Å²) < 4.78 is 15.8. The lowest BCUT2D eigenvalue weighted by molar-refractivity contribution is 0.0470. The number of anilines is 1. The van der Waals surface area contributed by atoms with Crippen LogP contribution >= 0.6 is 0 Å². The van der Waals surface area contributed by atoms with Gasteiger partial charge in [0.2, 0.25) is 0 Å². The van der Waals surface area contributed by atoms with Crippen LogP contribution in [0.3, 0.4) is 0 Å². The summed E-state index contributed by atoms with van der Waals surface area (Å²) >= 11 is 0. The minimum atomic E-state index is -1.41. The quantitative estimate of drug-likeness (QED) is 0.0692. The minimum absolute atomic E-state index is 0.0416. The van der Waals surface area contributed by atoms with Gasteiger partial charge in [-0.3, -0.25) is 0 Å². The number of hydrogen-bond acceptors (Lipinski definition) is 8. The molecule has 0 spiro atoms. The van der Waals surface area contributed by atoms with Gasteiger partial charge in [-0.2, -0.15) is 5.01 Å². The number of nitrogens with zero attached hydrogens (tertiary/aromatic N) is 2. The SMILES string of the molecule is CC(C)(C)OC(=O)NN(C(=O)NN(CCCCCCNC(=O)OCc1ccccc1)C(=O)O)c1ccc(C(=O)OCc2ccccc2)cc1. The van der Waals surface area contributed by atoms with E-state index in [1.54, 1.807) is 20.8 Å². The molecule has 262 valence electrons. The zero-order valence-electron chi connectivity index (χ0n) is 27.8. The number of nitrogens with one attached hydrogen (secondary N) is 3. The van der Waals surface area contributed by atoms with Crippen molar-refractivity contribution in [2.45, 2.75) is 65.3 Å². The Balaban J connectivity index is 1.51. The molecule has 0 aliphatic rings. The molecule has 3 aromatic carbocycles. The second kappa shape index (κ2) is 19.1. The van der Waals surface area contributed by atoms with E-state index in [2.05, 4.69) is 16.2 Å². The predicted molar refractivity (Wildman–Crippen MR) is 180 cm³/mol. The van der Waals surface area contributed by atoms with Crippen LogP contribution < -0.4 is 21.2 Å². The van der Waals surface area contributed by atoms with Crippen molar-refractivity contribution in [2.24, 2.45) is 0 Å². The van der Waals surface area contributed by atoms with Gasteiger partial charge in [0.15, 0.2) is 0 Å². The molecule has 0 saturated carbocycles. The molecular weight excluding hydrogens is 634 g/mol. The second-order valence-corrected chi connectivity index (χ2v) is 11.8. The van der Waals surface area contributed by atoms with E-state index in [1.165, 1.54) is 24.3 Å². The first-order valence-corrected chi connectivity index (χ1v) is 15.8. The number of carboxylic acid groups (broad SMARTS) is 1. The van der Waals surface area contributed by atoms with E-state index in [-0.39, 0.29) is 31.0 Å². The van der Waals surface area contributed by atoms with Gasteiger partial charge < -0.3 is 24.6 Å². The Kier molecular flexibility index (Phi) is 14.7. The lowest BCUT2D eigenvalue weighted by Gasteiger charge is -2.28. The van der Waals surface area contributed by atoms with Crippen molar-refractivity contribution in [2.75, 3.05) is 18.1 Å². The Morgan fingerprint density at radius 2 is 1.27 bits per heavy atom. The second-order valence-electron chi connectivity index (χ2n) is 11.8. The van der Waals surface area contributed by atoms with Crippen LogP contribution in [0.1, 0.15) is 67.9 Å². The van der Waals surface area contributed by atoms with E-state index in [0.717, 1.165) is 16.1 Å². The van der Waals surface area contributed by atoms with Gasteiger partial charge in [-0.15, -0.1) is 0 Å². The number of unbranched alkanes of at least 4 members (excludes halogenated alkanes) is 3. The van der Waals surface area contributed by atoms with Crippen molar-refractivity contribution < 1.29 is 43.3 Å². The summed E-state index contributed by atoms with van der Waals surface area (Å²) in [5, 5.41) is 13.9. The molecule has 0 bridgehead atoms. The van der Waals surface area contributed by atoms with Crippen LogP contribution in [-0.4, -0.2) is 59.1 Å². The fourth-order valence-corrected chi connectivity index (χ4v) is 4.26. The number of ether oxygens (including phenoxy) is 3. The maximum atomic E-state index is 13.3. The zero-order chi connectivity index (χ0) is 35.6. The van der Waals surface area contributed by atoms with Gasteiger partial charge in [-0.1, -0.05) is 73.5 Å². The number of urea groups is 1. The lowest BCUT2D eigenvalue weighted by atomic mass is 10.2. The van der Waals surface area contributed by atoms with Gasteiger partial charge in [0.25, 0.3) is 0 Å². The van der Waals surface area contributed by atoms with Crippen LogP contribution in [0.5, 0.6) is 0 Å². The third kappa shape index (κ3) is 14.2. The Labute approximate surface area is 285 Å². The number of hydrogen-bond donors (Lipinski definition) is 4. The number of carbonyl (C=O) groups is 5. The maximum Gasteiger partial charge on any atom is 0.427 e. The average molecular weight is 678 g/mol. The molecule has 3 aromatic rings. The van der Waals surface area contributed by atoms with E-state index < -0.39 is 35.9 Å². The molecule has 3 rings (SSSR count). The molecule has 0 fully saturated rings. The number of carbonyl (C=O) groups excluding carboxylic acids is 4. The van der Waals surface area contributed by atoms with E-state index in [1.807, 2.05) is 60.7 Å². The molecule has 0 heterocycles. The molecule has 0 aliphatic heterocycles. The van der Waals surface area contributed by atoms with Gasteiger partial charge in [0.05, 0.1) is 11.3 Å². The minimum Gasteiger partial charge on any atom is -0.464 e. The van der Waals surface area contributed by atoms with Gasteiger partial charge >= 0.3 is 30.3 Å². The number of amides is 5. The van der Waals surface area contributed by atoms with E-state index in [9.17, 15) is 29.1 Å². The van der Waals surface area contributed by atoms with Gasteiger partial charge in [-0.25, -0.2) is 39.8 Å². The molecule has 0 atom stereocenters. The largest absolute Gasteiger partial charge is 0.464 e. The first-order chi connectivity index (χ1) is 23.4. The summed E-state index contributed by atoms with van der Waals surface area (Å²) in [6.45, 7) is 5.53. The van der Waals surface area contributed by atoms with Crippen LogP contribution in [-0.2, 0) is 27.4 Å². The summed E-state index contributed by atoms with van der Waals surface area (Å²) in [5.74, 6) is -0.595. The highest BCUT2D eigenvalue weighted by molar-refractivity contribution is 5.96. The molecule has 49 heavy (non-hydrogen) atoms. The highest BCUT2D eigenvalue weighted by Gasteiger charge is 2.26. The highest BCUT2D eigenvalue weighted by Crippen LogP contribution is 2.17. The Morgan fingerprint density at radius 3 is 1.84 bits per heavy atom. The smallest absolute Gasteiger partial charge is 0.427 e. The summed E-state index contributed by atoms with van der Waals surface area (Å²) in [6.07, 6.45) is -0.549. The summed E-state index contributed by atoms with van der Waals surface area (Å²) in [7, 11) is 0. The van der Waals surface area contributed by atoms with Crippen molar-refractivity contribution >= 4 is 36.0 Å². The average Bonchev–Trinajstić information content (AvgIpc) is 3.07. The monoisotopic (exact) mass is 677 g/mol. The zero-order valence-corrected chi connectivity index (χ0v) is 27.8. The topological polar surface area (TPSA) is 176 Å². The van der Waals surface area contributed by atoms with Gasteiger partial charge in [0, 0.05) is 13.1 Å². The van der Waals surface area contributed by atoms with Crippen molar-refractivity contribution in [3.05, 3.63) is 102 Å². The van der Waals surface area contributed by atoms with Crippen molar-refractivity contribution in [1.29, 1.82) is 0 Å². The molecule has 0 aromatic heterocycles. The first-order valence-electron chi connectivity index (χ1n) is 15.8. The van der Waals surface area contributed by atoms with Crippen LogP contribution in [0.4, 0.5) is 24.9 Å². The Morgan fingerprint density at radius 1 is 0.694 bits per heavy atom. The van der Waals surface area contributed by atoms with E-state index in [4.69, 9.17) is 14.2 Å². The summed E-state index contributed by atoms with van der Waals surface area (Å²) in [6, 6.07) is 23.1. The van der Waals surface area contributed by atoms with Gasteiger partial charge in [0.1, 0.15) is 18.8 Å². The molecule has 5 amide bonds. The highest BCUT2D eigenvalue weighted by atomic mass is 16.6. The van der Waals surface area contributed by atoms with Crippen molar-refractivity contribution in [1.82, 2.24) is 21.2 Å². The standard InChI is InChI=1S/C35H43N5O9/c1-35(2,3)49-33(44)38-40(29-20-18-28(19-21-29)30(41)47-24-26-14-8-6-9-15-26)31(42)37-39(34(45)46)23-13-5-4-12-22-36-32(43)48-25-27-16-10-7-11-17-27/h6-11,14-21H,4-5,12-13,22-25H2,1-3H3,(H,36,43)(H,37,42)(H,38,44)(H,45,46). The normalized spacial score (nSPS) is 10.7. The van der Waals surface area contributed by atoms with Gasteiger partial charge in [-0.05, 0) is 69.0 Å². The molecule has 0 unspecified atom stereocenters. The van der Waals surface area contributed by atoms with E-state index >= 15 is 0 Å². The molecule has 14 nitrogen and oxygen atoms in total. The summed E-state index contributed by atoms with van der Waals surface area (Å²) in [5.41, 5.74) is 5.74. The molecule has 0 radical (unpaired) electrons. The van der Waals surface area contributed by atoms with Crippen LogP contribution in [0.25, 0.3) is 0 Å². The Bertz CT molecular complexity index is 1510. The predicted octanol–water partition coefficient (Wildman–Crippen LogP) is 6.38. The molecule has 0 saturated heterocycles. The number of alkyl carbamates (subject to hydrolysis) is 1. The fraction of sp³-hybridized carbons (Fsp3) is 0.343. The number of rotatable bonds is 13. The van der Waals surface area contributed by atoms with Crippen LogP contribution in [0.2, 0.25) is 0 Å². The van der Waals surface area contributed by atoms with Crippen LogP contribution in [0.15, 0.2) is 84.9 Å². The Hall–Kier alpha value is -5.79. The third-order valence-electron chi connectivity index (χ3n) is 6.63. The molecule has 14 heteroatoms. The fourth-order valence-electron chi connectivity index (χ4n) is 4.26. The first kappa shape index (κ1) is 37.7. The molecular formula is C35H43N5O9. The maximum absolute atomic E-state index is 13.3. The number of esters is 1. The van der Waals surface area contributed by atoms with E-state index in [0.29, 0.717) is 37.2 Å². The summed E-state index contributed by atoms with van der Waals surface area (Å²) in [4.78, 5) is 62.3. The lowest BCUT2D eigenvalue weighted by Crippen LogP contribution is -2.57. The van der Waals surface area contributed by atoms with Crippen molar-refractivity contribution in [3.8, 4) is 0 Å². The van der Waals surface area contributed by atoms with Crippen LogP contribution in [0, 0.1) is 0 Å².